The highest BCUT2D eigenvalue weighted by Gasteiger charge is 2.24. The van der Waals surface area contributed by atoms with Gasteiger partial charge in [-0.3, -0.25) is 9.79 Å². The summed E-state index contributed by atoms with van der Waals surface area (Å²) in [6.45, 7) is 2.93. The Morgan fingerprint density at radius 2 is 1.93 bits per heavy atom. The first-order chi connectivity index (χ1) is 14.3. The number of hydrogen-bond acceptors (Lipinski definition) is 4. The number of para-hydroxylation sites is 2. The number of rotatable bonds is 8. The average molecular weight is 403 g/mol. The summed E-state index contributed by atoms with van der Waals surface area (Å²) in [5.41, 5.74) is 0.849. The van der Waals surface area contributed by atoms with Crippen molar-refractivity contribution in [3.63, 3.8) is 0 Å². The highest BCUT2D eigenvalue weighted by Crippen LogP contribution is 2.31. The second-order valence-electron chi connectivity index (χ2n) is 7.57. The summed E-state index contributed by atoms with van der Waals surface area (Å²) in [5, 5.41) is 6.61. The van der Waals surface area contributed by atoms with E-state index in [0.29, 0.717) is 19.3 Å². The molecule has 1 fully saturated rings. The number of carbonyl (C=O) groups excluding carboxylic acids is 1. The van der Waals surface area contributed by atoms with Gasteiger partial charge in [0.05, 0.1) is 18.4 Å². The van der Waals surface area contributed by atoms with Crippen LogP contribution in [0.1, 0.15) is 44.9 Å². The molecular weight excluding hydrogens is 368 g/mol. The van der Waals surface area contributed by atoms with E-state index in [4.69, 9.17) is 9.47 Å². The van der Waals surface area contributed by atoms with E-state index in [2.05, 4.69) is 15.6 Å². The Hall–Kier alpha value is -2.28. The zero-order valence-corrected chi connectivity index (χ0v) is 17.5. The maximum absolute atomic E-state index is 12.2. The van der Waals surface area contributed by atoms with Crippen LogP contribution >= 0.6 is 0 Å². The zero-order valence-electron chi connectivity index (χ0n) is 17.5. The zero-order chi connectivity index (χ0) is 20.3. The number of guanidine groups is 1. The van der Waals surface area contributed by atoms with E-state index in [1.165, 1.54) is 38.5 Å². The van der Waals surface area contributed by atoms with E-state index in [1.807, 2.05) is 24.3 Å². The van der Waals surface area contributed by atoms with E-state index >= 15 is 0 Å². The summed E-state index contributed by atoms with van der Waals surface area (Å²) in [5.74, 6) is 1.54. The number of benzene rings is 1. The summed E-state index contributed by atoms with van der Waals surface area (Å²) in [4.78, 5) is 18.3. The fraction of sp³-hybridized carbons (Fsp3) is 0.636. The van der Waals surface area contributed by atoms with Crippen LogP contribution in [0.15, 0.2) is 29.3 Å². The largest absolute Gasteiger partial charge is 0.482 e. The lowest BCUT2D eigenvalue weighted by atomic mass is 10.1. The average Bonchev–Trinajstić information content (AvgIpc) is 3.02. The molecule has 1 aromatic carbocycles. The first-order valence-electron chi connectivity index (χ1n) is 10.9. The Labute approximate surface area is 173 Å². The summed E-state index contributed by atoms with van der Waals surface area (Å²) in [6, 6.07) is 7.67. The SMILES string of the molecule is CN=C(NCCCN1C(=O)COc2ccccc21)NCCOC1CCCCCC1. The van der Waals surface area contributed by atoms with Crippen LogP contribution in [0.4, 0.5) is 5.69 Å². The number of nitrogens with zero attached hydrogens (tertiary/aromatic N) is 2. The van der Waals surface area contributed by atoms with Gasteiger partial charge in [-0.25, -0.2) is 0 Å². The monoisotopic (exact) mass is 402 g/mol. The Kier molecular flexibility index (Phi) is 8.61. The minimum atomic E-state index is 0.00173. The van der Waals surface area contributed by atoms with Crippen molar-refractivity contribution in [1.29, 1.82) is 0 Å². The second kappa shape index (κ2) is 11.7. The molecule has 1 aliphatic heterocycles. The van der Waals surface area contributed by atoms with Crippen LogP contribution in [-0.4, -0.2) is 57.9 Å². The summed E-state index contributed by atoms with van der Waals surface area (Å²) < 4.78 is 11.5. The normalized spacial score (nSPS) is 18.0. The summed E-state index contributed by atoms with van der Waals surface area (Å²) >= 11 is 0. The molecule has 1 saturated carbocycles. The van der Waals surface area contributed by atoms with Gasteiger partial charge in [-0.15, -0.1) is 0 Å². The predicted molar refractivity (Wildman–Crippen MR) is 116 cm³/mol. The van der Waals surface area contributed by atoms with Crippen LogP contribution in [0.3, 0.4) is 0 Å². The standard InChI is InChI=1S/C22H34N4O3/c1-23-22(25-14-16-28-18-9-4-2-3-5-10-18)24-13-8-15-26-19-11-6-7-12-20(19)29-17-21(26)27/h6-7,11-12,18H,2-5,8-10,13-17H2,1H3,(H2,23,24,25). The van der Waals surface area contributed by atoms with Crippen molar-refractivity contribution in [3.05, 3.63) is 24.3 Å². The van der Waals surface area contributed by atoms with Crippen molar-refractivity contribution in [3.8, 4) is 5.75 Å². The fourth-order valence-electron chi connectivity index (χ4n) is 3.87. The fourth-order valence-corrected chi connectivity index (χ4v) is 3.87. The lowest BCUT2D eigenvalue weighted by Crippen LogP contribution is -2.42. The van der Waals surface area contributed by atoms with Gasteiger partial charge in [-0.05, 0) is 31.4 Å². The number of fused-ring (bicyclic) bond motifs is 1. The topological polar surface area (TPSA) is 75.2 Å². The van der Waals surface area contributed by atoms with Crippen LogP contribution in [0.25, 0.3) is 0 Å². The first kappa shape index (κ1) is 21.4. The van der Waals surface area contributed by atoms with Gasteiger partial charge in [0.1, 0.15) is 5.75 Å². The van der Waals surface area contributed by atoms with Crippen LogP contribution in [0.5, 0.6) is 5.75 Å². The smallest absolute Gasteiger partial charge is 0.265 e. The number of nitrogens with one attached hydrogen (secondary N) is 2. The van der Waals surface area contributed by atoms with E-state index in [9.17, 15) is 4.79 Å². The molecule has 1 aliphatic carbocycles. The Balaban J connectivity index is 1.32. The third kappa shape index (κ3) is 6.63. The number of amides is 1. The molecule has 0 aromatic heterocycles. The molecule has 0 radical (unpaired) electrons. The summed E-state index contributed by atoms with van der Waals surface area (Å²) in [7, 11) is 1.77. The molecule has 2 aliphatic rings. The van der Waals surface area contributed by atoms with E-state index in [0.717, 1.165) is 36.9 Å². The first-order valence-corrected chi connectivity index (χ1v) is 10.9. The molecule has 0 unspecified atom stereocenters. The molecule has 29 heavy (non-hydrogen) atoms. The van der Waals surface area contributed by atoms with Crippen LogP contribution in [0.2, 0.25) is 0 Å². The summed E-state index contributed by atoms with van der Waals surface area (Å²) in [6.07, 6.45) is 8.89. The molecule has 0 atom stereocenters. The van der Waals surface area contributed by atoms with Crippen molar-refractivity contribution in [2.45, 2.75) is 51.0 Å². The van der Waals surface area contributed by atoms with E-state index < -0.39 is 0 Å². The third-order valence-electron chi connectivity index (χ3n) is 5.43. The van der Waals surface area contributed by atoms with E-state index in [1.54, 1.807) is 11.9 Å². The van der Waals surface area contributed by atoms with Gasteiger partial charge in [0, 0.05) is 26.7 Å². The highest BCUT2D eigenvalue weighted by atomic mass is 16.5. The lowest BCUT2D eigenvalue weighted by molar-refractivity contribution is -0.121. The van der Waals surface area contributed by atoms with Crippen molar-refractivity contribution in [2.75, 3.05) is 44.8 Å². The van der Waals surface area contributed by atoms with Crippen LogP contribution < -0.4 is 20.3 Å². The number of carbonyl (C=O) groups is 1. The van der Waals surface area contributed by atoms with Gasteiger partial charge in [0.15, 0.2) is 12.6 Å². The van der Waals surface area contributed by atoms with Crippen LogP contribution in [0, 0.1) is 0 Å². The van der Waals surface area contributed by atoms with Gasteiger partial charge in [-0.1, -0.05) is 37.8 Å². The van der Waals surface area contributed by atoms with Gasteiger partial charge in [-0.2, -0.15) is 0 Å². The number of ether oxygens (including phenoxy) is 2. The Bertz CT molecular complexity index is 672. The minimum absolute atomic E-state index is 0.00173. The van der Waals surface area contributed by atoms with Crippen molar-refractivity contribution < 1.29 is 14.3 Å². The number of anilines is 1. The molecule has 0 saturated heterocycles. The quantitative estimate of drug-likeness (QED) is 0.303. The Morgan fingerprint density at radius 3 is 2.72 bits per heavy atom. The van der Waals surface area contributed by atoms with Gasteiger partial charge in [0.25, 0.3) is 5.91 Å². The maximum Gasteiger partial charge on any atom is 0.265 e. The van der Waals surface area contributed by atoms with E-state index in [-0.39, 0.29) is 12.5 Å². The molecule has 1 aromatic rings. The molecule has 3 rings (SSSR count). The molecule has 1 amide bonds. The van der Waals surface area contributed by atoms with Crippen molar-refractivity contribution in [1.82, 2.24) is 10.6 Å². The molecule has 2 N–H and O–H groups in total. The Morgan fingerprint density at radius 1 is 1.17 bits per heavy atom. The molecule has 0 spiro atoms. The van der Waals surface area contributed by atoms with Crippen molar-refractivity contribution in [2.24, 2.45) is 4.99 Å². The molecule has 0 bridgehead atoms. The highest BCUT2D eigenvalue weighted by molar-refractivity contribution is 5.97. The molecule has 160 valence electrons. The van der Waals surface area contributed by atoms with Gasteiger partial charge in [0.2, 0.25) is 0 Å². The van der Waals surface area contributed by atoms with Crippen molar-refractivity contribution >= 4 is 17.6 Å². The maximum atomic E-state index is 12.2. The van der Waals surface area contributed by atoms with Crippen LogP contribution in [-0.2, 0) is 9.53 Å². The molecule has 7 heteroatoms. The minimum Gasteiger partial charge on any atom is -0.482 e. The molecular formula is C22H34N4O3. The molecule has 7 nitrogen and oxygen atoms in total. The number of aliphatic imine (C=N–C) groups is 1. The predicted octanol–water partition coefficient (Wildman–Crippen LogP) is 2.71. The molecule has 1 heterocycles. The van der Waals surface area contributed by atoms with Gasteiger partial charge < -0.3 is 25.0 Å². The second-order valence-corrected chi connectivity index (χ2v) is 7.57. The van der Waals surface area contributed by atoms with Gasteiger partial charge >= 0.3 is 0 Å². The lowest BCUT2D eigenvalue weighted by Gasteiger charge is -2.29. The number of hydrogen-bond donors (Lipinski definition) is 2. The third-order valence-corrected chi connectivity index (χ3v) is 5.43.